The molecule has 2 aliphatic carbocycles. The highest BCUT2D eigenvalue weighted by atomic mass is 16.6. The van der Waals surface area contributed by atoms with Crippen LogP contribution in [0.4, 0.5) is 11.4 Å². The van der Waals surface area contributed by atoms with Crippen molar-refractivity contribution in [2.24, 2.45) is 0 Å². The van der Waals surface area contributed by atoms with E-state index in [1.54, 1.807) is 6.08 Å². The quantitative estimate of drug-likeness (QED) is 0.158. The molecular weight excluding hydrogens is 721 g/mol. The predicted molar refractivity (Wildman–Crippen MR) is 241 cm³/mol. The second kappa shape index (κ2) is 12.6. The van der Waals surface area contributed by atoms with Gasteiger partial charge in [0.1, 0.15) is 0 Å². The van der Waals surface area contributed by atoms with Gasteiger partial charge in [-0.1, -0.05) is 134 Å². The molecule has 0 amide bonds. The van der Waals surface area contributed by atoms with Gasteiger partial charge < -0.3 is 18.9 Å². The lowest BCUT2D eigenvalue weighted by atomic mass is 9.70. The van der Waals surface area contributed by atoms with Gasteiger partial charge in [0.2, 0.25) is 0 Å². The number of allylic oxidation sites excluding steroid dienone is 3. The summed E-state index contributed by atoms with van der Waals surface area (Å²) in [5.41, 5.74) is 15.5. The standard InChI is InChI=1S/C55H36N2O2/c1-3-17-35(4-2)56(37-30-31-49-43(32-37)41-23-11-15-27-48(41)57(49)36-18-6-5-7-19-36)50-28-16-29-51-54(50)59-52-33-42-40-22-10-14-26-46(40)55(47(42)34-53(52)58-51)44-24-12-8-20-38(44)39-21-9-13-25-45(39)55/h3-34H,1-2H2/b35-17+. The van der Waals surface area contributed by atoms with Crippen LogP contribution in [-0.4, -0.2) is 4.57 Å². The van der Waals surface area contributed by atoms with Crippen LogP contribution in [-0.2, 0) is 5.41 Å². The maximum atomic E-state index is 7.08. The minimum Gasteiger partial charge on any atom is -0.449 e. The van der Waals surface area contributed by atoms with E-state index < -0.39 is 5.41 Å². The van der Waals surface area contributed by atoms with Crippen molar-refractivity contribution in [2.75, 3.05) is 4.90 Å². The molecule has 0 saturated carbocycles. The fraction of sp³-hybridized carbons (Fsp3) is 0.0182. The van der Waals surface area contributed by atoms with Crippen molar-refractivity contribution in [3.05, 3.63) is 235 Å². The number of benzene rings is 8. The third-order valence-electron chi connectivity index (χ3n) is 12.4. The van der Waals surface area contributed by atoms with E-state index in [-0.39, 0.29) is 0 Å². The number of aromatic nitrogens is 1. The molecule has 278 valence electrons. The summed E-state index contributed by atoms with van der Waals surface area (Å²) in [5.74, 6) is 2.63. The van der Waals surface area contributed by atoms with E-state index in [9.17, 15) is 0 Å². The molecule has 1 aliphatic heterocycles. The van der Waals surface area contributed by atoms with Gasteiger partial charge in [-0.15, -0.1) is 0 Å². The van der Waals surface area contributed by atoms with E-state index in [0.29, 0.717) is 23.0 Å². The first-order valence-corrected chi connectivity index (χ1v) is 20.0. The maximum absolute atomic E-state index is 7.08. The molecule has 0 fully saturated rings. The number of ether oxygens (including phenoxy) is 2. The average molecular weight is 757 g/mol. The molecule has 1 spiro atoms. The van der Waals surface area contributed by atoms with Crippen molar-refractivity contribution >= 4 is 33.2 Å². The second-order valence-electron chi connectivity index (χ2n) is 15.3. The van der Waals surface area contributed by atoms with Crippen molar-refractivity contribution in [2.45, 2.75) is 5.41 Å². The lowest BCUT2D eigenvalue weighted by Crippen LogP contribution is -2.26. The summed E-state index contributed by atoms with van der Waals surface area (Å²) in [5, 5.41) is 2.31. The molecule has 3 aliphatic rings. The Kier molecular flexibility index (Phi) is 7.11. The fourth-order valence-electron chi connectivity index (χ4n) is 10.1. The molecule has 4 nitrogen and oxygen atoms in total. The molecule has 0 bridgehead atoms. The topological polar surface area (TPSA) is 26.6 Å². The van der Waals surface area contributed by atoms with Crippen LogP contribution < -0.4 is 14.4 Å². The molecule has 0 unspecified atom stereocenters. The van der Waals surface area contributed by atoms with Crippen molar-refractivity contribution in [3.63, 3.8) is 0 Å². The zero-order chi connectivity index (χ0) is 39.2. The second-order valence-corrected chi connectivity index (χ2v) is 15.3. The highest BCUT2D eigenvalue weighted by Crippen LogP contribution is 2.65. The predicted octanol–water partition coefficient (Wildman–Crippen LogP) is 14.4. The number of anilines is 2. The Balaban J connectivity index is 1.03. The molecular formula is C55H36N2O2. The average Bonchev–Trinajstić information content (AvgIpc) is 3.89. The molecule has 0 N–H and O–H groups in total. The van der Waals surface area contributed by atoms with Crippen LogP contribution in [0.5, 0.6) is 23.0 Å². The molecule has 2 heterocycles. The smallest absolute Gasteiger partial charge is 0.194 e. The summed E-state index contributed by atoms with van der Waals surface area (Å²) < 4.78 is 16.3. The Morgan fingerprint density at radius 2 is 1.14 bits per heavy atom. The molecule has 0 atom stereocenters. The largest absolute Gasteiger partial charge is 0.449 e. The number of para-hydroxylation sites is 3. The summed E-state index contributed by atoms with van der Waals surface area (Å²) in [6.07, 6.45) is 5.63. The molecule has 12 rings (SSSR count). The van der Waals surface area contributed by atoms with Gasteiger partial charge in [-0.3, -0.25) is 0 Å². The molecule has 1 aromatic heterocycles. The minimum atomic E-state index is -0.479. The van der Waals surface area contributed by atoms with Crippen LogP contribution in [0, 0.1) is 0 Å². The fourth-order valence-corrected chi connectivity index (χ4v) is 10.1. The van der Waals surface area contributed by atoms with E-state index >= 15 is 0 Å². The Hall–Kier alpha value is -7.82. The lowest BCUT2D eigenvalue weighted by Gasteiger charge is -2.32. The third-order valence-corrected chi connectivity index (χ3v) is 12.4. The van der Waals surface area contributed by atoms with E-state index in [1.807, 2.05) is 24.3 Å². The summed E-state index contributed by atoms with van der Waals surface area (Å²) in [6.45, 7) is 8.31. The monoisotopic (exact) mass is 756 g/mol. The molecule has 4 heteroatoms. The van der Waals surface area contributed by atoms with Crippen LogP contribution in [0.25, 0.3) is 49.7 Å². The highest BCUT2D eigenvalue weighted by molar-refractivity contribution is 6.10. The van der Waals surface area contributed by atoms with Gasteiger partial charge in [0, 0.05) is 27.8 Å². The van der Waals surface area contributed by atoms with Crippen molar-refractivity contribution < 1.29 is 9.47 Å². The Morgan fingerprint density at radius 1 is 0.508 bits per heavy atom. The van der Waals surface area contributed by atoms with Crippen LogP contribution in [0.15, 0.2) is 213 Å². The summed E-state index contributed by atoms with van der Waals surface area (Å²) in [7, 11) is 0. The first-order valence-electron chi connectivity index (χ1n) is 20.0. The zero-order valence-electron chi connectivity index (χ0n) is 32.1. The first-order chi connectivity index (χ1) is 29.2. The highest BCUT2D eigenvalue weighted by Gasteiger charge is 2.52. The van der Waals surface area contributed by atoms with Crippen LogP contribution >= 0.6 is 0 Å². The summed E-state index contributed by atoms with van der Waals surface area (Å²) >= 11 is 0. The van der Waals surface area contributed by atoms with Crippen molar-refractivity contribution in [1.82, 2.24) is 4.57 Å². The van der Waals surface area contributed by atoms with Crippen LogP contribution in [0.1, 0.15) is 22.3 Å². The van der Waals surface area contributed by atoms with Crippen molar-refractivity contribution in [3.8, 4) is 50.9 Å². The van der Waals surface area contributed by atoms with E-state index in [0.717, 1.165) is 44.7 Å². The van der Waals surface area contributed by atoms with Gasteiger partial charge >= 0.3 is 0 Å². The number of fused-ring (bicyclic) bond motifs is 15. The minimum absolute atomic E-state index is 0.479. The van der Waals surface area contributed by atoms with Crippen molar-refractivity contribution in [1.29, 1.82) is 0 Å². The van der Waals surface area contributed by atoms with Gasteiger partial charge in [0.15, 0.2) is 23.0 Å². The maximum Gasteiger partial charge on any atom is 0.194 e. The van der Waals surface area contributed by atoms with Gasteiger partial charge in [-0.05, 0) is 117 Å². The number of nitrogens with zero attached hydrogens (tertiary/aromatic N) is 2. The lowest BCUT2D eigenvalue weighted by molar-refractivity contribution is 0.360. The van der Waals surface area contributed by atoms with Crippen LogP contribution in [0.3, 0.4) is 0 Å². The Labute approximate surface area is 342 Å². The van der Waals surface area contributed by atoms with E-state index in [4.69, 9.17) is 9.47 Å². The van der Waals surface area contributed by atoms with Gasteiger partial charge in [0.05, 0.1) is 22.1 Å². The Morgan fingerprint density at radius 3 is 1.85 bits per heavy atom. The van der Waals surface area contributed by atoms with E-state index in [1.165, 1.54) is 44.3 Å². The molecule has 8 aromatic carbocycles. The Bertz CT molecular complexity index is 3230. The molecule has 59 heavy (non-hydrogen) atoms. The van der Waals surface area contributed by atoms with E-state index in [2.05, 4.69) is 186 Å². The van der Waals surface area contributed by atoms with Gasteiger partial charge in [-0.2, -0.15) is 0 Å². The van der Waals surface area contributed by atoms with Gasteiger partial charge in [0.25, 0.3) is 0 Å². The number of hydrogen-bond donors (Lipinski definition) is 0. The summed E-state index contributed by atoms with van der Waals surface area (Å²) in [4.78, 5) is 2.18. The third kappa shape index (κ3) is 4.54. The zero-order valence-corrected chi connectivity index (χ0v) is 32.1. The van der Waals surface area contributed by atoms with Crippen LogP contribution in [0.2, 0.25) is 0 Å². The van der Waals surface area contributed by atoms with Gasteiger partial charge in [-0.25, -0.2) is 0 Å². The number of hydrogen-bond acceptors (Lipinski definition) is 3. The number of rotatable bonds is 6. The first kappa shape index (κ1) is 33.3. The molecule has 0 saturated heterocycles. The summed E-state index contributed by atoms with van der Waals surface area (Å²) in [6, 6.07) is 62.7. The normalized spacial score (nSPS) is 13.7. The molecule has 0 radical (unpaired) electrons. The SMILES string of the molecule is C=C/C=C(\C=C)N(c1ccc2c(c1)c1ccccc1n2-c1ccccc1)c1cccc2c1Oc1cc3c(cc1O2)C1(c2ccccc2-c2ccccc21)c1ccccc1-3. The molecule has 9 aromatic rings.